The summed E-state index contributed by atoms with van der Waals surface area (Å²) in [5.74, 6) is 1.62. The highest BCUT2D eigenvalue weighted by atomic mass is 32.2. The van der Waals surface area contributed by atoms with Gasteiger partial charge in [-0.15, -0.1) is 0 Å². The number of thioether (sulfide) groups is 1. The van der Waals surface area contributed by atoms with E-state index in [0.29, 0.717) is 28.8 Å². The highest BCUT2D eigenvalue weighted by molar-refractivity contribution is 7.99. The summed E-state index contributed by atoms with van der Waals surface area (Å²) < 4.78 is 5.12. The van der Waals surface area contributed by atoms with E-state index in [-0.39, 0.29) is 5.91 Å². The van der Waals surface area contributed by atoms with Crippen molar-refractivity contribution in [2.45, 2.75) is 24.5 Å². The second-order valence-corrected chi connectivity index (χ2v) is 6.03. The van der Waals surface area contributed by atoms with Crippen molar-refractivity contribution in [1.29, 1.82) is 0 Å². The van der Waals surface area contributed by atoms with Crippen LogP contribution < -0.4 is 15.8 Å². The molecule has 5 heteroatoms. The van der Waals surface area contributed by atoms with Crippen LogP contribution in [0.25, 0.3) is 0 Å². The molecule has 4 nitrogen and oxygen atoms in total. The van der Waals surface area contributed by atoms with Gasteiger partial charge in [0.2, 0.25) is 0 Å². The predicted octanol–water partition coefficient (Wildman–Crippen LogP) is 2.29. The van der Waals surface area contributed by atoms with Gasteiger partial charge >= 0.3 is 0 Å². The summed E-state index contributed by atoms with van der Waals surface area (Å²) in [5.41, 5.74) is 6.80. The number of benzene rings is 1. The molecule has 1 heterocycles. The van der Waals surface area contributed by atoms with E-state index in [9.17, 15) is 4.79 Å². The predicted molar refractivity (Wildman–Crippen MR) is 79.8 cm³/mol. The first-order valence-electron chi connectivity index (χ1n) is 6.54. The van der Waals surface area contributed by atoms with Gasteiger partial charge in [-0.05, 0) is 30.7 Å². The average molecular weight is 280 g/mol. The number of carbonyl (C=O) groups is 1. The van der Waals surface area contributed by atoms with Crippen LogP contribution in [0.5, 0.6) is 5.75 Å². The molecule has 0 spiro atoms. The molecule has 0 aliphatic carbocycles. The molecule has 2 rings (SSSR count). The first-order chi connectivity index (χ1) is 9.22. The molecule has 3 N–H and O–H groups in total. The molecular weight excluding hydrogens is 260 g/mol. The highest BCUT2D eigenvalue weighted by Crippen LogP contribution is 2.26. The number of hydrogen-bond acceptors (Lipinski definition) is 4. The van der Waals surface area contributed by atoms with E-state index in [1.54, 1.807) is 25.3 Å². The molecule has 1 aliphatic heterocycles. The minimum absolute atomic E-state index is 0.123. The molecule has 0 aromatic heterocycles. The van der Waals surface area contributed by atoms with E-state index in [0.717, 1.165) is 0 Å². The maximum Gasteiger partial charge on any atom is 0.253 e. The van der Waals surface area contributed by atoms with E-state index in [1.807, 2.05) is 11.8 Å². The number of ether oxygens (including phenoxy) is 1. The Hall–Kier alpha value is -1.36. The van der Waals surface area contributed by atoms with Crippen molar-refractivity contribution >= 4 is 23.4 Å². The molecular formula is C14H20N2O2S. The Morgan fingerprint density at radius 3 is 3.05 bits per heavy atom. The minimum atomic E-state index is -0.123. The molecule has 1 aromatic rings. The van der Waals surface area contributed by atoms with E-state index < -0.39 is 0 Å². The number of carbonyl (C=O) groups excluding carboxylic acids is 1. The summed E-state index contributed by atoms with van der Waals surface area (Å²) in [6, 6.07) is 5.25. The van der Waals surface area contributed by atoms with Gasteiger partial charge in [-0.25, -0.2) is 0 Å². The number of rotatable bonds is 4. The number of methoxy groups -OCH3 is 1. The second-order valence-electron chi connectivity index (χ2n) is 4.62. The zero-order chi connectivity index (χ0) is 13.7. The number of nitrogens with two attached hydrogens (primary N) is 1. The molecule has 104 valence electrons. The van der Waals surface area contributed by atoms with E-state index in [1.165, 1.54) is 25.0 Å². The standard InChI is InChI=1S/C14H20N2O2S/c1-18-12-7-4-6-11(13(12)15)14(17)16-9-10-5-2-3-8-19-10/h4,6-7,10H,2-3,5,8-9,15H2,1H3,(H,16,17). The molecule has 1 fully saturated rings. The zero-order valence-corrected chi connectivity index (χ0v) is 12.0. The summed E-state index contributed by atoms with van der Waals surface area (Å²) in [7, 11) is 1.55. The Labute approximate surface area is 118 Å². The number of para-hydroxylation sites is 1. The molecule has 1 amide bonds. The number of nitrogen functional groups attached to an aromatic ring is 1. The third-order valence-corrected chi connectivity index (χ3v) is 4.69. The summed E-state index contributed by atoms with van der Waals surface area (Å²) in [4.78, 5) is 12.1. The van der Waals surface area contributed by atoms with E-state index >= 15 is 0 Å². The molecule has 1 saturated heterocycles. The van der Waals surface area contributed by atoms with Gasteiger partial charge < -0.3 is 15.8 Å². The van der Waals surface area contributed by atoms with E-state index in [2.05, 4.69) is 5.32 Å². The lowest BCUT2D eigenvalue weighted by molar-refractivity contribution is 0.0954. The molecule has 0 saturated carbocycles. The number of anilines is 1. The first-order valence-corrected chi connectivity index (χ1v) is 7.59. The van der Waals surface area contributed by atoms with Crippen LogP contribution in [0.2, 0.25) is 0 Å². The van der Waals surface area contributed by atoms with Crippen LogP contribution in [0, 0.1) is 0 Å². The Bertz CT molecular complexity index is 445. The minimum Gasteiger partial charge on any atom is -0.495 e. The lowest BCUT2D eigenvalue weighted by atomic mass is 10.1. The summed E-state index contributed by atoms with van der Waals surface area (Å²) >= 11 is 1.94. The normalized spacial score (nSPS) is 18.9. The summed E-state index contributed by atoms with van der Waals surface area (Å²) in [6.07, 6.45) is 3.73. The SMILES string of the molecule is COc1cccc(C(=O)NCC2CCCCS2)c1N. The van der Waals surface area contributed by atoms with Crippen molar-refractivity contribution < 1.29 is 9.53 Å². The molecule has 1 aliphatic rings. The fourth-order valence-corrected chi connectivity index (χ4v) is 3.43. The van der Waals surface area contributed by atoms with Crippen LogP contribution in [-0.2, 0) is 0 Å². The fraction of sp³-hybridized carbons (Fsp3) is 0.500. The van der Waals surface area contributed by atoms with Crippen LogP contribution in [0.3, 0.4) is 0 Å². The lowest BCUT2D eigenvalue weighted by Crippen LogP contribution is -2.32. The molecule has 1 aromatic carbocycles. The van der Waals surface area contributed by atoms with Crippen molar-refractivity contribution in [2.75, 3.05) is 25.1 Å². The van der Waals surface area contributed by atoms with E-state index in [4.69, 9.17) is 10.5 Å². The van der Waals surface area contributed by atoms with Gasteiger partial charge in [-0.3, -0.25) is 4.79 Å². The monoisotopic (exact) mass is 280 g/mol. The van der Waals surface area contributed by atoms with Crippen LogP contribution in [0.1, 0.15) is 29.6 Å². The first kappa shape index (κ1) is 14.1. The number of amides is 1. The maximum absolute atomic E-state index is 12.1. The van der Waals surface area contributed by atoms with Crippen molar-refractivity contribution in [2.24, 2.45) is 0 Å². The molecule has 1 unspecified atom stereocenters. The molecule has 1 atom stereocenters. The Morgan fingerprint density at radius 1 is 1.53 bits per heavy atom. The number of nitrogens with one attached hydrogen (secondary N) is 1. The maximum atomic E-state index is 12.1. The van der Waals surface area contributed by atoms with Crippen LogP contribution >= 0.6 is 11.8 Å². The van der Waals surface area contributed by atoms with Gasteiger partial charge in [0.1, 0.15) is 5.75 Å². The van der Waals surface area contributed by atoms with Gasteiger partial charge in [0.15, 0.2) is 0 Å². The van der Waals surface area contributed by atoms with Crippen molar-refractivity contribution in [1.82, 2.24) is 5.32 Å². The average Bonchev–Trinajstić information content (AvgIpc) is 2.46. The van der Waals surface area contributed by atoms with Gasteiger partial charge in [0.25, 0.3) is 5.91 Å². The zero-order valence-electron chi connectivity index (χ0n) is 11.1. The Morgan fingerprint density at radius 2 is 2.37 bits per heavy atom. The summed E-state index contributed by atoms with van der Waals surface area (Å²) in [6.45, 7) is 0.708. The topological polar surface area (TPSA) is 64.3 Å². The molecule has 0 radical (unpaired) electrons. The van der Waals surface area contributed by atoms with Crippen molar-refractivity contribution in [3.8, 4) is 5.75 Å². The smallest absolute Gasteiger partial charge is 0.253 e. The Kier molecular flexibility index (Phi) is 4.96. The number of hydrogen-bond donors (Lipinski definition) is 2. The van der Waals surface area contributed by atoms with Crippen molar-refractivity contribution in [3.05, 3.63) is 23.8 Å². The Balaban J connectivity index is 1.95. The third kappa shape index (κ3) is 3.56. The van der Waals surface area contributed by atoms with Crippen molar-refractivity contribution in [3.63, 3.8) is 0 Å². The third-order valence-electron chi connectivity index (χ3n) is 3.29. The lowest BCUT2D eigenvalue weighted by Gasteiger charge is -2.21. The molecule has 0 bridgehead atoms. The fourth-order valence-electron chi connectivity index (χ4n) is 2.19. The van der Waals surface area contributed by atoms with Crippen LogP contribution in [0.15, 0.2) is 18.2 Å². The van der Waals surface area contributed by atoms with Gasteiger partial charge in [-0.1, -0.05) is 12.5 Å². The largest absolute Gasteiger partial charge is 0.495 e. The van der Waals surface area contributed by atoms with Gasteiger partial charge in [0, 0.05) is 11.8 Å². The van der Waals surface area contributed by atoms with Gasteiger partial charge in [0.05, 0.1) is 18.4 Å². The quantitative estimate of drug-likeness (QED) is 0.831. The second kappa shape index (κ2) is 6.70. The van der Waals surface area contributed by atoms with Crippen LogP contribution in [-0.4, -0.2) is 30.6 Å². The highest BCUT2D eigenvalue weighted by Gasteiger charge is 2.17. The molecule has 19 heavy (non-hydrogen) atoms. The summed E-state index contributed by atoms with van der Waals surface area (Å²) in [5, 5.41) is 3.50. The van der Waals surface area contributed by atoms with Gasteiger partial charge in [-0.2, -0.15) is 11.8 Å². The van der Waals surface area contributed by atoms with Crippen LogP contribution in [0.4, 0.5) is 5.69 Å².